The Balaban J connectivity index is 1.42. The molecular weight excluding hydrogens is 496 g/mol. The standard InChI is InChI=1S/C39H26N2/c1-39(2)31-19-10-18-27-25-16-8-13-23-14-9-17-26(33(23)25)28-21-22-30(36(39)35(28)34(27)31)38-40-32-20-7-6-15-29(32)37(41-38)24-11-4-3-5-12-24/h3-22H,1-2H3. The SMILES string of the molecule is CC1(C)c2cccc3c2-c2c(ccc(-c4nc(-c5ccccc5)c5ccccc5n4)c21)-c1cccc2cccc-3c12. The molecule has 0 bridgehead atoms. The highest BCUT2D eigenvalue weighted by Crippen LogP contribution is 2.60. The lowest BCUT2D eigenvalue weighted by atomic mass is 9.78. The third-order valence-electron chi connectivity index (χ3n) is 9.19. The Morgan fingerprint density at radius 3 is 1.98 bits per heavy atom. The molecule has 0 fully saturated rings. The van der Waals surface area contributed by atoms with E-state index >= 15 is 0 Å². The molecule has 2 aliphatic rings. The van der Waals surface area contributed by atoms with Crippen molar-refractivity contribution in [2.75, 3.05) is 0 Å². The Hall–Kier alpha value is -5.08. The molecule has 9 rings (SSSR count). The Morgan fingerprint density at radius 1 is 0.512 bits per heavy atom. The van der Waals surface area contributed by atoms with E-state index in [9.17, 15) is 0 Å². The van der Waals surface area contributed by atoms with Gasteiger partial charge in [0, 0.05) is 21.9 Å². The summed E-state index contributed by atoms with van der Waals surface area (Å²) in [5, 5.41) is 3.68. The lowest BCUT2D eigenvalue weighted by Gasteiger charge is -2.25. The van der Waals surface area contributed by atoms with Gasteiger partial charge in [-0.3, -0.25) is 0 Å². The van der Waals surface area contributed by atoms with Gasteiger partial charge in [0.15, 0.2) is 5.82 Å². The molecule has 0 unspecified atom stereocenters. The lowest BCUT2D eigenvalue weighted by molar-refractivity contribution is 0.661. The van der Waals surface area contributed by atoms with Crippen LogP contribution in [-0.4, -0.2) is 9.97 Å². The second-order valence-corrected chi connectivity index (χ2v) is 11.8. The summed E-state index contributed by atoms with van der Waals surface area (Å²) in [7, 11) is 0. The first-order valence-electron chi connectivity index (χ1n) is 14.3. The molecule has 0 amide bonds. The summed E-state index contributed by atoms with van der Waals surface area (Å²) in [5.41, 5.74) is 14.5. The zero-order valence-electron chi connectivity index (χ0n) is 22.9. The predicted octanol–water partition coefficient (Wildman–Crippen LogP) is 10.1. The van der Waals surface area contributed by atoms with Gasteiger partial charge >= 0.3 is 0 Å². The van der Waals surface area contributed by atoms with Gasteiger partial charge in [0.25, 0.3) is 0 Å². The first kappa shape index (κ1) is 22.7. The van der Waals surface area contributed by atoms with Gasteiger partial charge in [-0.15, -0.1) is 0 Å². The van der Waals surface area contributed by atoms with Crippen molar-refractivity contribution in [2.24, 2.45) is 0 Å². The van der Waals surface area contributed by atoms with E-state index in [0.29, 0.717) is 0 Å². The van der Waals surface area contributed by atoms with Gasteiger partial charge in [0.2, 0.25) is 0 Å². The van der Waals surface area contributed by atoms with E-state index in [0.717, 1.165) is 33.5 Å². The highest BCUT2D eigenvalue weighted by molar-refractivity contribution is 6.16. The van der Waals surface area contributed by atoms with Crippen LogP contribution in [0.4, 0.5) is 0 Å². The van der Waals surface area contributed by atoms with Crippen molar-refractivity contribution in [3.63, 3.8) is 0 Å². The monoisotopic (exact) mass is 522 g/mol. The molecule has 6 aromatic carbocycles. The molecule has 0 atom stereocenters. The van der Waals surface area contributed by atoms with Gasteiger partial charge in [0.1, 0.15) is 0 Å². The van der Waals surface area contributed by atoms with Gasteiger partial charge in [-0.1, -0.05) is 129 Å². The molecule has 0 saturated carbocycles. The molecule has 2 heteroatoms. The van der Waals surface area contributed by atoms with Gasteiger partial charge in [-0.05, 0) is 61.3 Å². The van der Waals surface area contributed by atoms with Crippen LogP contribution in [0.5, 0.6) is 0 Å². The van der Waals surface area contributed by atoms with E-state index < -0.39 is 0 Å². The van der Waals surface area contributed by atoms with E-state index in [-0.39, 0.29) is 5.41 Å². The molecule has 2 aliphatic carbocycles. The van der Waals surface area contributed by atoms with E-state index in [1.54, 1.807) is 0 Å². The van der Waals surface area contributed by atoms with Gasteiger partial charge in [-0.2, -0.15) is 0 Å². The molecule has 0 radical (unpaired) electrons. The van der Waals surface area contributed by atoms with Crippen LogP contribution in [0.15, 0.2) is 121 Å². The van der Waals surface area contributed by atoms with Crippen LogP contribution in [0.1, 0.15) is 25.0 Å². The molecular formula is C39H26N2. The maximum absolute atomic E-state index is 5.31. The number of hydrogen-bond donors (Lipinski definition) is 0. The van der Waals surface area contributed by atoms with Crippen LogP contribution < -0.4 is 0 Å². The molecule has 7 aromatic rings. The molecule has 41 heavy (non-hydrogen) atoms. The van der Waals surface area contributed by atoms with Crippen LogP contribution in [0, 0.1) is 0 Å². The quantitative estimate of drug-likeness (QED) is 0.226. The summed E-state index contributed by atoms with van der Waals surface area (Å²) in [6.07, 6.45) is 0. The minimum atomic E-state index is -0.214. The summed E-state index contributed by atoms with van der Waals surface area (Å²) in [6, 6.07) is 43.7. The molecule has 0 spiro atoms. The number of hydrogen-bond acceptors (Lipinski definition) is 2. The minimum absolute atomic E-state index is 0.214. The van der Waals surface area contributed by atoms with E-state index in [1.807, 2.05) is 0 Å². The van der Waals surface area contributed by atoms with E-state index in [2.05, 4.69) is 135 Å². The molecule has 2 nitrogen and oxygen atoms in total. The fourth-order valence-electron chi connectivity index (χ4n) is 7.43. The molecule has 0 aliphatic heterocycles. The van der Waals surface area contributed by atoms with Crippen molar-refractivity contribution in [1.82, 2.24) is 9.97 Å². The Labute approximate surface area is 239 Å². The smallest absolute Gasteiger partial charge is 0.160 e. The first-order chi connectivity index (χ1) is 20.1. The largest absolute Gasteiger partial charge is 0.228 e. The van der Waals surface area contributed by atoms with E-state index in [4.69, 9.17) is 9.97 Å². The van der Waals surface area contributed by atoms with Crippen molar-refractivity contribution in [3.8, 4) is 56.0 Å². The molecule has 1 heterocycles. The average Bonchev–Trinajstić information content (AvgIpc) is 3.19. The second kappa shape index (κ2) is 7.99. The summed E-state index contributed by atoms with van der Waals surface area (Å²) >= 11 is 0. The number of para-hydroxylation sites is 1. The fourth-order valence-corrected chi connectivity index (χ4v) is 7.43. The number of aromatic nitrogens is 2. The predicted molar refractivity (Wildman–Crippen MR) is 170 cm³/mol. The Morgan fingerprint density at radius 2 is 1.17 bits per heavy atom. The summed E-state index contributed by atoms with van der Waals surface area (Å²) < 4.78 is 0. The van der Waals surface area contributed by atoms with Crippen molar-refractivity contribution in [3.05, 3.63) is 132 Å². The third kappa shape index (κ3) is 2.97. The average molecular weight is 523 g/mol. The van der Waals surface area contributed by atoms with Crippen molar-refractivity contribution >= 4 is 21.7 Å². The van der Waals surface area contributed by atoms with Crippen molar-refractivity contribution in [2.45, 2.75) is 19.3 Å². The lowest BCUT2D eigenvalue weighted by Crippen LogP contribution is -2.17. The van der Waals surface area contributed by atoms with Gasteiger partial charge < -0.3 is 0 Å². The summed E-state index contributed by atoms with van der Waals surface area (Å²) in [5.74, 6) is 0.780. The molecule has 1 aromatic heterocycles. The van der Waals surface area contributed by atoms with Gasteiger partial charge in [0.05, 0.1) is 11.2 Å². The number of benzene rings is 6. The molecule has 0 saturated heterocycles. The van der Waals surface area contributed by atoms with Crippen LogP contribution >= 0.6 is 0 Å². The van der Waals surface area contributed by atoms with Crippen LogP contribution in [0.25, 0.3) is 77.7 Å². The van der Waals surface area contributed by atoms with E-state index in [1.165, 1.54) is 55.3 Å². The highest BCUT2D eigenvalue weighted by atomic mass is 14.9. The summed E-state index contributed by atoms with van der Waals surface area (Å²) in [6.45, 7) is 4.73. The topological polar surface area (TPSA) is 25.8 Å². The maximum atomic E-state index is 5.31. The number of nitrogens with zero attached hydrogens (tertiary/aromatic N) is 2. The van der Waals surface area contributed by atoms with Crippen LogP contribution in [0.2, 0.25) is 0 Å². The van der Waals surface area contributed by atoms with Crippen molar-refractivity contribution < 1.29 is 0 Å². The second-order valence-electron chi connectivity index (χ2n) is 11.8. The number of rotatable bonds is 2. The zero-order valence-corrected chi connectivity index (χ0v) is 22.9. The normalized spacial score (nSPS) is 13.8. The van der Waals surface area contributed by atoms with Crippen molar-refractivity contribution in [1.29, 1.82) is 0 Å². The maximum Gasteiger partial charge on any atom is 0.160 e. The first-order valence-corrected chi connectivity index (χ1v) is 14.3. The number of fused-ring (bicyclic) bond motifs is 3. The Kier molecular flexibility index (Phi) is 4.42. The van der Waals surface area contributed by atoms with Gasteiger partial charge in [-0.25, -0.2) is 9.97 Å². The van der Waals surface area contributed by atoms with Crippen LogP contribution in [-0.2, 0) is 5.41 Å². The Bertz CT molecular complexity index is 2220. The third-order valence-corrected chi connectivity index (χ3v) is 9.19. The molecule has 192 valence electrons. The highest BCUT2D eigenvalue weighted by Gasteiger charge is 2.42. The minimum Gasteiger partial charge on any atom is -0.228 e. The van der Waals surface area contributed by atoms with Crippen LogP contribution in [0.3, 0.4) is 0 Å². The molecule has 0 N–H and O–H groups in total. The fraction of sp³-hybridized carbons (Fsp3) is 0.0769. The summed E-state index contributed by atoms with van der Waals surface area (Å²) in [4.78, 5) is 10.5. The zero-order chi connectivity index (χ0) is 27.3.